The van der Waals surface area contributed by atoms with Crippen molar-refractivity contribution in [2.45, 2.75) is 0 Å². The van der Waals surface area contributed by atoms with Crippen molar-refractivity contribution in [2.24, 2.45) is 0 Å². The average Bonchev–Trinajstić information content (AvgIpc) is 2.21. The average molecular weight is 616 g/mol. The van der Waals surface area contributed by atoms with Gasteiger partial charge in [0.25, 0.3) is 0 Å². The Kier molecular flexibility index (Phi) is 2.80. The Morgan fingerprint density at radius 3 is 0.875 bits per heavy atom. The summed E-state index contributed by atoms with van der Waals surface area (Å²) in [6.07, 6.45) is 0. The van der Waals surface area contributed by atoms with E-state index in [1.54, 1.807) is 43.8 Å². The molecular weight excluding hydrogens is 616 g/mol. The van der Waals surface area contributed by atoms with Gasteiger partial charge < -0.3 is 0 Å². The van der Waals surface area contributed by atoms with Gasteiger partial charge in [0.05, 0.1) is 0 Å². The summed E-state index contributed by atoms with van der Waals surface area (Å²) in [5.74, 6) is 0. The summed E-state index contributed by atoms with van der Waals surface area (Å²) < 4.78 is 0. The zero-order valence-electron chi connectivity index (χ0n) is 3.42. The Morgan fingerprint density at radius 2 is 0.750 bits per heavy atom. The van der Waals surface area contributed by atoms with Crippen LogP contribution in [0.4, 0.5) is 0 Å². The summed E-state index contributed by atoms with van der Waals surface area (Å²) in [6.45, 7) is 0. The summed E-state index contributed by atoms with van der Waals surface area (Å²) in [4.78, 5) is 0. The first-order valence-electron chi connectivity index (χ1n) is 1.86. The van der Waals surface area contributed by atoms with E-state index < -0.39 is 0 Å². The van der Waals surface area contributed by atoms with Crippen LogP contribution in [0.2, 0.25) is 0 Å². The topological polar surface area (TPSA) is 0 Å². The summed E-state index contributed by atoms with van der Waals surface area (Å²) >= 11 is 0. The van der Waals surface area contributed by atoms with Crippen molar-refractivity contribution in [3.05, 3.63) is 0 Å². The third-order valence-electron chi connectivity index (χ3n) is 0.825. The molecule has 4 fully saturated rings. The molecule has 4 bridgehead atoms. The van der Waals surface area contributed by atoms with Gasteiger partial charge in [-0.15, -0.1) is 0 Å². The fraction of sp³-hybridized carbons (Fsp3) is 0. The fourth-order valence-electron chi connectivity index (χ4n) is 0.537. The summed E-state index contributed by atoms with van der Waals surface area (Å²) in [7, 11) is 8.00. The van der Waals surface area contributed by atoms with Gasteiger partial charge in [-0.1, -0.05) is 0 Å². The first-order chi connectivity index (χ1) is 3.93. The third-order valence-corrected chi connectivity index (χ3v) is 602. The van der Waals surface area contributed by atoms with Gasteiger partial charge in [-0.05, 0) is 0 Å². The van der Waals surface area contributed by atoms with Gasteiger partial charge >= 0.3 is 79.1 Å². The normalized spacial score (nSPS) is 66.0. The zero-order valence-corrected chi connectivity index (χ0v) is 17.8. The molecule has 0 aromatic rings. The SMILES string of the molecule is [Se]1[As]2[Se][As]3[Se][As]2[Se][As]13. The van der Waals surface area contributed by atoms with Crippen molar-refractivity contribution in [1.82, 2.24) is 0 Å². The van der Waals surface area contributed by atoms with E-state index in [9.17, 15) is 0 Å². The molecule has 0 N–H and O–H groups in total. The Bertz CT molecular complexity index is 96.0. The van der Waals surface area contributed by atoms with E-state index in [1.165, 1.54) is 0 Å². The minimum absolute atomic E-state index is 0.389. The van der Waals surface area contributed by atoms with Gasteiger partial charge in [0, 0.05) is 0 Å². The van der Waals surface area contributed by atoms with Crippen LogP contribution in [-0.2, 0) is 0 Å². The second-order valence-corrected chi connectivity index (χ2v) is 179. The van der Waals surface area contributed by atoms with Crippen molar-refractivity contribution in [2.75, 3.05) is 0 Å². The molecule has 0 unspecified atom stereocenters. The van der Waals surface area contributed by atoms with Crippen LogP contribution in [0, 0.1) is 0 Å². The molecule has 8 heavy (non-hydrogen) atoms. The molecular formula is As4Se4. The van der Waals surface area contributed by atoms with Crippen LogP contribution in [0.5, 0.6) is 0 Å². The maximum atomic E-state index is 1.61. The van der Waals surface area contributed by atoms with Crippen LogP contribution < -0.4 is 0 Å². The van der Waals surface area contributed by atoms with Crippen LogP contribution >= 0.6 is 0 Å². The van der Waals surface area contributed by atoms with Crippen molar-refractivity contribution >= 4 is 79.1 Å². The van der Waals surface area contributed by atoms with E-state index in [0.717, 1.165) is 0 Å². The van der Waals surface area contributed by atoms with E-state index >= 15 is 0 Å². The van der Waals surface area contributed by atoms with E-state index in [2.05, 4.69) is 0 Å². The van der Waals surface area contributed by atoms with E-state index in [-0.39, 0.29) is 0 Å². The molecule has 0 nitrogen and oxygen atoms in total. The quantitative estimate of drug-likeness (QED) is 0.255. The molecule has 4 rings (SSSR count). The molecule has 0 aromatic carbocycles. The number of hydrogen-bond donors (Lipinski definition) is 0. The second-order valence-electron chi connectivity index (χ2n) is 1.28. The van der Waals surface area contributed by atoms with Crippen molar-refractivity contribution in [3.63, 3.8) is 0 Å². The van der Waals surface area contributed by atoms with Gasteiger partial charge in [-0.25, -0.2) is 0 Å². The van der Waals surface area contributed by atoms with E-state index in [4.69, 9.17) is 0 Å². The molecule has 44 valence electrons. The van der Waals surface area contributed by atoms with Gasteiger partial charge in [-0.2, -0.15) is 0 Å². The maximum absolute atomic E-state index is 1.61. The van der Waals surface area contributed by atoms with Gasteiger partial charge in [0.2, 0.25) is 0 Å². The third kappa shape index (κ3) is 1.12. The molecule has 0 spiro atoms. The van der Waals surface area contributed by atoms with Crippen LogP contribution in [0.25, 0.3) is 0 Å². The number of hydrogen-bond acceptors (Lipinski definition) is 0. The molecule has 0 aromatic heterocycles. The molecule has 8 heteroatoms. The van der Waals surface area contributed by atoms with Crippen LogP contribution in [0.1, 0.15) is 0 Å². The summed E-state index contributed by atoms with van der Waals surface area (Å²) in [5, 5.41) is 0. The van der Waals surface area contributed by atoms with Gasteiger partial charge in [0.1, 0.15) is 0 Å². The van der Waals surface area contributed by atoms with Crippen molar-refractivity contribution < 1.29 is 0 Å². The molecule has 0 aliphatic carbocycles. The molecule has 0 radical (unpaired) electrons. The molecule has 4 saturated heterocycles. The predicted octanol–water partition coefficient (Wildman–Crippen LogP) is -3.05. The molecule has 0 amide bonds. The second kappa shape index (κ2) is 2.92. The Hall–Kier alpha value is 4.31. The van der Waals surface area contributed by atoms with Crippen LogP contribution in [0.15, 0.2) is 0 Å². The minimum atomic E-state index is 0.389. The van der Waals surface area contributed by atoms with Gasteiger partial charge in [-0.3, -0.25) is 0 Å². The fourth-order valence-corrected chi connectivity index (χ4v) is 2030. The number of rotatable bonds is 0. The van der Waals surface area contributed by atoms with Crippen LogP contribution in [-0.4, -0.2) is 79.1 Å². The molecule has 0 atom stereocenters. The molecule has 0 saturated carbocycles. The first-order valence-corrected chi connectivity index (χ1v) is 50.2. The Balaban J connectivity index is 2.13. The Labute approximate surface area is 76.5 Å². The summed E-state index contributed by atoms with van der Waals surface area (Å²) in [6, 6.07) is 0. The van der Waals surface area contributed by atoms with Crippen molar-refractivity contribution in [3.8, 4) is 0 Å². The van der Waals surface area contributed by atoms with Gasteiger partial charge in [0.15, 0.2) is 0 Å². The molecule has 4 aliphatic heterocycles. The van der Waals surface area contributed by atoms with E-state index in [0.29, 0.717) is 35.3 Å². The standard InChI is InChI=1S/As4Se4/c5-1-2-7-3(5)4(6-1)8-2. The predicted molar refractivity (Wildman–Crippen MR) is 46.0 cm³/mol. The molecule has 4 heterocycles. The zero-order chi connectivity index (χ0) is 5.14. The van der Waals surface area contributed by atoms with Crippen LogP contribution in [0.3, 0.4) is 0 Å². The summed E-state index contributed by atoms with van der Waals surface area (Å²) in [5.41, 5.74) is 0. The Morgan fingerprint density at radius 1 is 0.500 bits per heavy atom. The van der Waals surface area contributed by atoms with E-state index in [1.807, 2.05) is 0 Å². The first kappa shape index (κ1) is 7.69. The van der Waals surface area contributed by atoms with Crippen molar-refractivity contribution in [1.29, 1.82) is 0 Å². The monoisotopic (exact) mass is 619 g/mol. The molecule has 4 aliphatic rings.